The van der Waals surface area contributed by atoms with Crippen LogP contribution in [0.3, 0.4) is 0 Å². The normalized spacial score (nSPS) is 28.6. The van der Waals surface area contributed by atoms with Gasteiger partial charge in [-0.25, -0.2) is 9.13 Å². The molecule has 0 spiro atoms. The Bertz CT molecular complexity index is 2160. The Kier molecular flexibility index (Phi) is 32.2. The van der Waals surface area contributed by atoms with Gasteiger partial charge in [0, 0.05) is 17.5 Å². The summed E-state index contributed by atoms with van der Waals surface area (Å²) in [7, 11) is 0. The molecule has 4 fully saturated rings. The fraction of sp³-hybridized carbons (Fsp3) is 0.583. The minimum Gasteiger partial charge on any atom is -1.00 e. The van der Waals surface area contributed by atoms with E-state index < -0.39 is 29.2 Å². The van der Waals surface area contributed by atoms with Gasteiger partial charge in [-0.1, -0.05) is 85.9 Å². The molecular weight excluding hydrogens is 1050 g/mol. The molecule has 3 aromatic rings. The summed E-state index contributed by atoms with van der Waals surface area (Å²) in [6.45, 7) is 30.3. The summed E-state index contributed by atoms with van der Waals surface area (Å²) >= 11 is 0. The van der Waals surface area contributed by atoms with Crippen molar-refractivity contribution >= 4 is 23.8 Å². The molecule has 5 nitrogen and oxygen atoms in total. The molecule has 1 aromatic heterocycles. The Morgan fingerprint density at radius 1 is 0.608 bits per heavy atom. The molecule has 74 heavy (non-hydrogen) atoms. The number of alkyl halides is 6. The third kappa shape index (κ3) is 18.7. The molecule has 8 unspecified atom stereocenters. The topological polar surface area (TPSA) is 64.3 Å². The van der Waals surface area contributed by atoms with Gasteiger partial charge in [-0.15, -0.1) is 0 Å². The van der Waals surface area contributed by atoms with Gasteiger partial charge in [0.1, 0.15) is 17.9 Å². The molecule has 0 bridgehead atoms. The van der Waals surface area contributed by atoms with Crippen molar-refractivity contribution in [1.82, 2.24) is 4.57 Å². The van der Waals surface area contributed by atoms with Crippen molar-refractivity contribution in [2.75, 3.05) is 5.73 Å². The fourth-order valence-electron chi connectivity index (χ4n) is 11.9. The number of carbonyl (C=O) groups is 1. The van der Waals surface area contributed by atoms with Crippen LogP contribution in [0.25, 0.3) is 11.8 Å². The maximum atomic E-state index is 12.1. The van der Waals surface area contributed by atoms with E-state index in [2.05, 4.69) is 141 Å². The summed E-state index contributed by atoms with van der Waals surface area (Å²) in [5.41, 5.74) is 10.4. The standard InChI is InChI=1S/C19H23N2.C10H13NO.C10H20.C9H18.C8H5F6N.4CH3.ClH.2Fe/c1-13-7-14(2)9-16(8-13)20-11-17-10-15(3)18-5-4-6-19(18)21(17)12-20;1-7-5-8(6-12)11-10-4-2-3-9(7)10;1-6-7(2)9(4)10(5)8(6)3;1-6-5-7(2)9(4)8(6)3;9-7(10,11)4-1-5(8(12,13)14)3-6(15)2-4;;;;;;;/h7-12,18-19H,4-6H2,1-3H3;5-6,9-10H,2-4H2,1H3;6-10H,1-5H3;6-9H,5H2,1-4H3;1-3H,15H2;4*1H3;1H;;/q+1;;;;;4*-1;;2*+2/p-1. The zero-order valence-electron chi connectivity index (χ0n) is 47.5. The number of nitrogens with zero attached hydrogens (tertiary/aromatic N) is 3. The molecule has 14 heteroatoms. The molecule has 2 aromatic carbocycles. The van der Waals surface area contributed by atoms with E-state index in [9.17, 15) is 31.1 Å². The molecule has 422 valence electrons. The first-order chi connectivity index (χ1) is 31.2. The van der Waals surface area contributed by atoms with Crippen molar-refractivity contribution in [3.05, 3.63) is 124 Å². The minimum absolute atomic E-state index is 0. The number of nitrogens with two attached hydrogens (primary N) is 1. The number of aryl methyl sites for hydroxylation is 2. The van der Waals surface area contributed by atoms with Crippen LogP contribution in [-0.4, -0.2) is 22.6 Å². The molecule has 0 radical (unpaired) electrons. The maximum Gasteiger partial charge on any atom is 2.00 e. The second-order valence-corrected chi connectivity index (χ2v) is 21.5. The number of carbonyl (C=O) groups excluding carboxylic acids is 1. The monoisotopic (exact) mass is 1140 g/mol. The maximum absolute atomic E-state index is 12.1. The number of aldehydes is 1. The van der Waals surface area contributed by atoms with Gasteiger partial charge in [0.2, 0.25) is 6.33 Å². The smallest absolute Gasteiger partial charge is 1.00 e. The van der Waals surface area contributed by atoms with Gasteiger partial charge in [0.25, 0.3) is 0 Å². The summed E-state index contributed by atoms with van der Waals surface area (Å²) in [6, 6.07) is 8.79. The Balaban J connectivity index is -0.000000860. The number of nitrogen functional groups attached to an aromatic ring is 1. The summed E-state index contributed by atoms with van der Waals surface area (Å²) in [5.74, 6) is 9.92. The number of aromatic nitrogens is 2. The van der Waals surface area contributed by atoms with Gasteiger partial charge in [-0.05, 0) is 173 Å². The first-order valence-corrected chi connectivity index (χ1v) is 24.9. The van der Waals surface area contributed by atoms with Gasteiger partial charge in [-0.3, -0.25) is 9.79 Å². The number of hydrogen-bond donors (Lipinski definition) is 1. The van der Waals surface area contributed by atoms with E-state index >= 15 is 0 Å². The van der Waals surface area contributed by atoms with E-state index in [0.717, 1.165) is 71.9 Å². The Morgan fingerprint density at radius 3 is 1.46 bits per heavy atom. The molecule has 0 saturated heterocycles. The van der Waals surface area contributed by atoms with Crippen LogP contribution in [0.1, 0.15) is 155 Å². The Labute approximate surface area is 472 Å². The Hall–Kier alpha value is -2.82. The van der Waals surface area contributed by atoms with Crippen LogP contribution in [0.2, 0.25) is 0 Å². The predicted molar refractivity (Wildman–Crippen MR) is 287 cm³/mol. The van der Waals surface area contributed by atoms with Crippen molar-refractivity contribution in [3.8, 4) is 5.69 Å². The number of aliphatic imine (C=N–C) groups is 1. The number of dihydropyridines is 1. The molecule has 4 aliphatic carbocycles. The van der Waals surface area contributed by atoms with Gasteiger partial charge in [0.05, 0.1) is 22.9 Å². The summed E-state index contributed by atoms with van der Waals surface area (Å²) in [6.07, 6.45) is 9.24. The summed E-state index contributed by atoms with van der Waals surface area (Å²) < 4.78 is 77.5. The molecule has 9 rings (SSSR count). The average Bonchev–Trinajstić information content (AvgIpc) is 4.09. The van der Waals surface area contributed by atoms with Crippen LogP contribution in [0.5, 0.6) is 0 Å². The molecule has 4 saturated carbocycles. The van der Waals surface area contributed by atoms with Crippen LogP contribution in [0.15, 0.2) is 71.1 Å². The van der Waals surface area contributed by atoms with Crippen LogP contribution < -0.4 is 22.7 Å². The van der Waals surface area contributed by atoms with E-state index in [1.54, 1.807) is 5.57 Å². The van der Waals surface area contributed by atoms with Crippen molar-refractivity contribution in [2.24, 2.45) is 70.1 Å². The van der Waals surface area contributed by atoms with Crippen LogP contribution in [0.4, 0.5) is 32.0 Å². The molecule has 8 atom stereocenters. The van der Waals surface area contributed by atoms with Crippen LogP contribution in [0, 0.1) is 109 Å². The van der Waals surface area contributed by atoms with E-state index in [0.29, 0.717) is 35.8 Å². The zero-order valence-corrected chi connectivity index (χ0v) is 50.5. The second kappa shape index (κ2) is 31.5. The number of benzene rings is 2. The molecule has 3 heterocycles. The summed E-state index contributed by atoms with van der Waals surface area (Å²) in [4.78, 5) is 14.9. The largest absolute Gasteiger partial charge is 2.00 e. The third-order valence-corrected chi connectivity index (χ3v) is 17.1. The number of halogens is 7. The van der Waals surface area contributed by atoms with Crippen molar-refractivity contribution < 1.29 is 82.2 Å². The number of imidazole rings is 1. The summed E-state index contributed by atoms with van der Waals surface area (Å²) in [5, 5.41) is 0. The molecular formula is C60H91ClF6Fe2N4O. The Morgan fingerprint density at radius 2 is 1.04 bits per heavy atom. The third-order valence-electron chi connectivity index (χ3n) is 17.1. The minimum atomic E-state index is -4.84. The number of hydrogen-bond acceptors (Lipinski definition) is 3. The van der Waals surface area contributed by atoms with Gasteiger partial charge in [-0.2, -0.15) is 26.3 Å². The van der Waals surface area contributed by atoms with E-state index in [4.69, 9.17) is 5.73 Å². The number of anilines is 1. The zero-order chi connectivity index (χ0) is 49.9. The van der Waals surface area contributed by atoms with Gasteiger partial charge < -0.3 is 47.8 Å². The van der Waals surface area contributed by atoms with Crippen LogP contribution in [-0.2, 0) is 51.3 Å². The number of fused-ring (bicyclic) bond motifs is 4. The first kappa shape index (κ1) is 75.4. The van der Waals surface area contributed by atoms with Crippen molar-refractivity contribution in [1.29, 1.82) is 0 Å². The predicted octanol–water partition coefficient (Wildman–Crippen LogP) is 14.1. The van der Waals surface area contributed by atoms with Gasteiger partial charge in [0.15, 0.2) is 12.0 Å². The molecule has 6 aliphatic rings. The quantitative estimate of drug-likeness (QED) is 0.0694. The fourth-order valence-corrected chi connectivity index (χ4v) is 11.9. The molecule has 2 N–H and O–H groups in total. The first-order valence-electron chi connectivity index (χ1n) is 24.9. The SMILES string of the molecule is CC1=CC(C=O)=NC2CCCC12.CC1=Cc2c[n+](-c3cc(C)cc(C)c3)cn2C2CCCC12.CC1C(C)C(C)C(C)C1C.CC1CC(C)C(C)C1C.Nc1cc(C(F)(F)F)cc(C(F)(F)F)c1.[CH3-].[CH3-].[CH3-].[CH3-].[Cl-].[Fe+2].[Fe+2]. The van der Waals surface area contributed by atoms with Crippen LogP contribution >= 0.6 is 0 Å². The van der Waals surface area contributed by atoms with Crippen molar-refractivity contribution in [2.45, 2.75) is 159 Å². The molecule has 0 amide bonds. The van der Waals surface area contributed by atoms with E-state index in [-0.39, 0.29) is 82.3 Å². The molecule has 2 aliphatic heterocycles. The number of allylic oxidation sites excluding steroid dienone is 2. The van der Waals surface area contributed by atoms with Crippen molar-refractivity contribution in [3.63, 3.8) is 0 Å². The second-order valence-electron chi connectivity index (χ2n) is 21.5. The number of rotatable bonds is 2. The van der Waals surface area contributed by atoms with Gasteiger partial charge >= 0.3 is 46.5 Å². The average molecular weight is 1150 g/mol. The van der Waals surface area contributed by atoms with E-state index in [1.165, 1.54) is 66.6 Å². The van der Waals surface area contributed by atoms with E-state index in [1.807, 2.05) is 6.08 Å².